The molecule has 0 N–H and O–H groups in total. The van der Waals surface area contributed by atoms with Crippen molar-refractivity contribution >= 4 is 21.6 Å². The van der Waals surface area contributed by atoms with Crippen LogP contribution >= 0.6 is 0 Å². The molecule has 0 saturated carbocycles. The highest BCUT2D eigenvalue weighted by molar-refractivity contribution is 7.89. The van der Waals surface area contributed by atoms with Crippen LogP contribution in [0.15, 0.2) is 47.4 Å². The molecule has 0 atom stereocenters. The van der Waals surface area contributed by atoms with Gasteiger partial charge < -0.3 is 4.90 Å². The van der Waals surface area contributed by atoms with Gasteiger partial charge in [0, 0.05) is 43.4 Å². The van der Waals surface area contributed by atoms with E-state index in [4.69, 9.17) is 0 Å². The first-order valence-electron chi connectivity index (χ1n) is 8.50. The summed E-state index contributed by atoms with van der Waals surface area (Å²) in [5.41, 5.74) is 0.490. The molecule has 148 valence electrons. The fourth-order valence-corrected chi connectivity index (χ4v) is 4.48. The normalized spacial score (nSPS) is 15.4. The molecular weight excluding hydrogens is 389 g/mol. The first-order valence-corrected chi connectivity index (χ1v) is 9.94. The van der Waals surface area contributed by atoms with Crippen molar-refractivity contribution in [1.82, 2.24) is 9.21 Å². The number of carbonyl (C=O) groups is 1. The van der Waals surface area contributed by atoms with Gasteiger partial charge in [0.1, 0.15) is 5.82 Å². The molecule has 0 bridgehead atoms. The number of carbonyl (C=O) groups excluding carboxylic acids is 1. The van der Waals surface area contributed by atoms with Crippen molar-refractivity contribution in [3.63, 3.8) is 0 Å². The second-order valence-corrected chi connectivity index (χ2v) is 8.35. The SMILES string of the molecule is Cc1ccc(C(=O)N2CCN(S(=O)(=O)c3cccc(F)c3)CC2)cc1[N+](=O)[O-]. The second kappa shape index (κ2) is 7.64. The van der Waals surface area contributed by atoms with E-state index < -0.39 is 26.7 Å². The maximum Gasteiger partial charge on any atom is 0.273 e. The highest BCUT2D eigenvalue weighted by atomic mass is 32.2. The van der Waals surface area contributed by atoms with Crippen molar-refractivity contribution in [3.8, 4) is 0 Å². The van der Waals surface area contributed by atoms with Crippen LogP contribution in [0.3, 0.4) is 0 Å². The monoisotopic (exact) mass is 407 g/mol. The Kier molecular flexibility index (Phi) is 5.43. The summed E-state index contributed by atoms with van der Waals surface area (Å²) in [4.78, 5) is 24.5. The van der Waals surface area contributed by atoms with Crippen LogP contribution in [0.4, 0.5) is 10.1 Å². The molecule has 28 heavy (non-hydrogen) atoms. The first-order chi connectivity index (χ1) is 13.2. The van der Waals surface area contributed by atoms with E-state index in [9.17, 15) is 27.7 Å². The van der Waals surface area contributed by atoms with E-state index in [1.165, 1.54) is 39.5 Å². The van der Waals surface area contributed by atoms with Gasteiger partial charge in [-0.15, -0.1) is 0 Å². The minimum Gasteiger partial charge on any atom is -0.336 e. The number of aryl methyl sites for hydroxylation is 1. The Bertz CT molecular complexity index is 1030. The Morgan fingerprint density at radius 3 is 2.39 bits per heavy atom. The largest absolute Gasteiger partial charge is 0.336 e. The van der Waals surface area contributed by atoms with Gasteiger partial charge in [-0.05, 0) is 31.2 Å². The number of benzene rings is 2. The van der Waals surface area contributed by atoms with Crippen LogP contribution in [0.5, 0.6) is 0 Å². The summed E-state index contributed by atoms with van der Waals surface area (Å²) >= 11 is 0. The molecule has 8 nitrogen and oxygen atoms in total. The van der Waals surface area contributed by atoms with E-state index in [0.717, 1.165) is 12.1 Å². The number of hydrogen-bond acceptors (Lipinski definition) is 5. The molecule has 0 aromatic heterocycles. The lowest BCUT2D eigenvalue weighted by atomic mass is 10.1. The Hall–Kier alpha value is -2.85. The Morgan fingerprint density at radius 2 is 1.79 bits per heavy atom. The van der Waals surface area contributed by atoms with E-state index in [1.807, 2.05) is 0 Å². The summed E-state index contributed by atoms with van der Waals surface area (Å²) in [7, 11) is -3.86. The second-order valence-electron chi connectivity index (χ2n) is 6.41. The van der Waals surface area contributed by atoms with Crippen LogP contribution in [-0.4, -0.2) is 54.6 Å². The predicted molar refractivity (Wildman–Crippen MR) is 98.9 cm³/mol. The van der Waals surface area contributed by atoms with Gasteiger partial charge in [-0.25, -0.2) is 12.8 Å². The van der Waals surface area contributed by atoms with Crippen molar-refractivity contribution in [2.45, 2.75) is 11.8 Å². The van der Waals surface area contributed by atoms with Gasteiger partial charge in [0.15, 0.2) is 0 Å². The summed E-state index contributed by atoms with van der Waals surface area (Å²) in [5, 5.41) is 11.1. The zero-order chi connectivity index (χ0) is 20.5. The number of nitro benzene ring substituents is 1. The number of piperazine rings is 1. The summed E-state index contributed by atoms with van der Waals surface area (Å²) in [6.45, 7) is 1.96. The van der Waals surface area contributed by atoms with Crippen LogP contribution in [0.25, 0.3) is 0 Å². The number of nitrogens with zero attached hydrogens (tertiary/aromatic N) is 3. The fourth-order valence-electron chi connectivity index (χ4n) is 3.03. The molecule has 1 amide bonds. The summed E-state index contributed by atoms with van der Waals surface area (Å²) in [6, 6.07) is 9.02. The average Bonchev–Trinajstić information content (AvgIpc) is 2.67. The minimum absolute atomic E-state index is 0.0541. The van der Waals surface area contributed by atoms with Crippen molar-refractivity contribution < 1.29 is 22.5 Å². The van der Waals surface area contributed by atoms with Crippen LogP contribution in [0.1, 0.15) is 15.9 Å². The van der Waals surface area contributed by atoms with Gasteiger partial charge in [-0.3, -0.25) is 14.9 Å². The van der Waals surface area contributed by atoms with Crippen molar-refractivity contribution in [2.75, 3.05) is 26.2 Å². The number of amides is 1. The third-order valence-electron chi connectivity index (χ3n) is 4.61. The van der Waals surface area contributed by atoms with Gasteiger partial charge in [0.05, 0.1) is 9.82 Å². The Labute approximate surface area is 161 Å². The van der Waals surface area contributed by atoms with Gasteiger partial charge >= 0.3 is 0 Å². The molecule has 1 heterocycles. The molecule has 2 aromatic rings. The van der Waals surface area contributed by atoms with Gasteiger partial charge in [-0.2, -0.15) is 4.31 Å². The summed E-state index contributed by atoms with van der Waals surface area (Å²) in [6.07, 6.45) is 0. The zero-order valence-electron chi connectivity index (χ0n) is 15.0. The maximum atomic E-state index is 13.4. The van der Waals surface area contributed by atoms with Crippen molar-refractivity contribution in [3.05, 3.63) is 69.5 Å². The molecule has 0 radical (unpaired) electrons. The lowest BCUT2D eigenvalue weighted by molar-refractivity contribution is -0.385. The highest BCUT2D eigenvalue weighted by Gasteiger charge is 2.31. The van der Waals surface area contributed by atoms with Crippen LogP contribution in [-0.2, 0) is 10.0 Å². The van der Waals surface area contributed by atoms with E-state index >= 15 is 0 Å². The minimum atomic E-state index is -3.86. The number of nitro groups is 1. The van der Waals surface area contributed by atoms with Crippen LogP contribution < -0.4 is 0 Å². The molecule has 1 saturated heterocycles. The molecule has 1 aliphatic rings. The fraction of sp³-hybridized carbons (Fsp3) is 0.278. The molecule has 0 aliphatic carbocycles. The molecule has 0 unspecified atom stereocenters. The number of sulfonamides is 1. The molecule has 1 aliphatic heterocycles. The van der Waals surface area contributed by atoms with Crippen molar-refractivity contribution in [1.29, 1.82) is 0 Å². The molecule has 2 aromatic carbocycles. The smallest absolute Gasteiger partial charge is 0.273 e. The molecule has 10 heteroatoms. The van der Waals surface area contributed by atoms with E-state index in [-0.39, 0.29) is 42.3 Å². The van der Waals surface area contributed by atoms with Gasteiger partial charge in [0.2, 0.25) is 10.0 Å². The van der Waals surface area contributed by atoms with Gasteiger partial charge in [-0.1, -0.05) is 12.1 Å². The standard InChI is InChI=1S/C18H18FN3O5S/c1-13-5-6-14(11-17(13)22(24)25)18(23)20-7-9-21(10-8-20)28(26,27)16-4-2-3-15(19)12-16/h2-6,11-12H,7-10H2,1H3. The first kappa shape index (κ1) is 19.9. The van der Waals surface area contributed by atoms with E-state index in [2.05, 4.69) is 0 Å². The summed E-state index contributed by atoms with van der Waals surface area (Å²) < 4.78 is 39.8. The highest BCUT2D eigenvalue weighted by Crippen LogP contribution is 2.22. The zero-order valence-corrected chi connectivity index (χ0v) is 15.9. The number of hydrogen-bond donors (Lipinski definition) is 0. The van der Waals surface area contributed by atoms with E-state index in [1.54, 1.807) is 6.92 Å². The van der Waals surface area contributed by atoms with Crippen LogP contribution in [0.2, 0.25) is 0 Å². The van der Waals surface area contributed by atoms with Crippen LogP contribution in [0, 0.1) is 22.9 Å². The third-order valence-corrected chi connectivity index (χ3v) is 6.51. The van der Waals surface area contributed by atoms with E-state index in [0.29, 0.717) is 5.56 Å². The summed E-state index contributed by atoms with van der Waals surface area (Å²) in [5.74, 6) is -1.04. The third kappa shape index (κ3) is 3.87. The quantitative estimate of drug-likeness (QED) is 0.571. The average molecular weight is 407 g/mol. The Morgan fingerprint density at radius 1 is 1.11 bits per heavy atom. The maximum absolute atomic E-state index is 13.4. The topological polar surface area (TPSA) is 101 Å². The Balaban J connectivity index is 1.72. The molecule has 0 spiro atoms. The van der Waals surface area contributed by atoms with Crippen molar-refractivity contribution in [2.24, 2.45) is 0 Å². The lowest BCUT2D eigenvalue weighted by Gasteiger charge is -2.34. The molecular formula is C18H18FN3O5S. The van der Waals surface area contributed by atoms with Gasteiger partial charge in [0.25, 0.3) is 11.6 Å². The number of halogens is 1. The molecule has 3 rings (SSSR count). The lowest BCUT2D eigenvalue weighted by Crippen LogP contribution is -2.50. The predicted octanol–water partition coefficient (Wildman–Crippen LogP) is 2.19. The number of rotatable bonds is 4. The molecule has 1 fully saturated rings.